The molecule has 0 aromatic heterocycles. The summed E-state index contributed by atoms with van der Waals surface area (Å²) in [5.74, 6) is 0.531. The van der Waals surface area contributed by atoms with Gasteiger partial charge in [-0.15, -0.1) is 0 Å². The van der Waals surface area contributed by atoms with E-state index in [9.17, 15) is 9.18 Å². The van der Waals surface area contributed by atoms with Crippen LogP contribution in [0.1, 0.15) is 37.3 Å². The van der Waals surface area contributed by atoms with Crippen LogP contribution in [0.25, 0.3) is 0 Å². The van der Waals surface area contributed by atoms with Crippen LogP contribution in [-0.2, 0) is 4.79 Å². The van der Waals surface area contributed by atoms with Crippen LogP contribution in [0.15, 0.2) is 24.3 Å². The lowest BCUT2D eigenvalue weighted by Crippen LogP contribution is -2.29. The first-order valence-electron chi connectivity index (χ1n) is 6.15. The molecule has 0 bridgehead atoms. The lowest BCUT2D eigenvalue weighted by atomic mass is 9.80. The average molecular weight is 235 g/mol. The highest BCUT2D eigenvalue weighted by Gasteiger charge is 2.27. The fraction of sp³-hybridized carbons (Fsp3) is 0.500. The summed E-state index contributed by atoms with van der Waals surface area (Å²) >= 11 is 0. The summed E-state index contributed by atoms with van der Waals surface area (Å²) in [5.41, 5.74) is 0.717. The minimum absolute atomic E-state index is 0.0179. The molecule has 92 valence electrons. The van der Waals surface area contributed by atoms with Crippen molar-refractivity contribution in [1.82, 2.24) is 5.32 Å². The zero-order valence-corrected chi connectivity index (χ0v) is 10.1. The lowest BCUT2D eigenvalue weighted by Gasteiger charge is -2.30. The Labute approximate surface area is 101 Å². The summed E-state index contributed by atoms with van der Waals surface area (Å²) in [7, 11) is 1.85. The van der Waals surface area contributed by atoms with Gasteiger partial charge in [0.2, 0.25) is 0 Å². The molecule has 2 nitrogen and oxygen atoms in total. The molecule has 1 aromatic carbocycles. The quantitative estimate of drug-likeness (QED) is 0.872. The van der Waals surface area contributed by atoms with Crippen molar-refractivity contribution in [3.05, 3.63) is 35.6 Å². The standard InChI is InChI=1S/C14H18FNO/c1-16-14(10-6-8-11(17)9-7-10)12-4-2-3-5-13(12)15/h2-5,10,14,16H,6-9H2,1H3. The van der Waals surface area contributed by atoms with Gasteiger partial charge in [0.25, 0.3) is 0 Å². The molecule has 1 N–H and O–H groups in total. The maximum absolute atomic E-state index is 13.8. The topological polar surface area (TPSA) is 29.1 Å². The van der Waals surface area contributed by atoms with Crippen LogP contribution in [0.3, 0.4) is 0 Å². The van der Waals surface area contributed by atoms with Gasteiger partial charge < -0.3 is 5.32 Å². The van der Waals surface area contributed by atoms with Crippen molar-refractivity contribution in [3.63, 3.8) is 0 Å². The highest BCUT2D eigenvalue weighted by atomic mass is 19.1. The summed E-state index contributed by atoms with van der Waals surface area (Å²) < 4.78 is 13.8. The van der Waals surface area contributed by atoms with Crippen LogP contribution >= 0.6 is 0 Å². The fourth-order valence-electron chi connectivity index (χ4n) is 2.67. The molecule has 0 amide bonds. The Kier molecular flexibility index (Phi) is 3.89. The first-order chi connectivity index (χ1) is 8.22. The molecule has 1 aliphatic rings. The van der Waals surface area contributed by atoms with Crippen LogP contribution in [0.5, 0.6) is 0 Å². The highest BCUT2D eigenvalue weighted by Crippen LogP contribution is 2.33. The van der Waals surface area contributed by atoms with E-state index in [1.54, 1.807) is 6.07 Å². The molecule has 1 atom stereocenters. The van der Waals surface area contributed by atoms with E-state index in [-0.39, 0.29) is 11.9 Å². The van der Waals surface area contributed by atoms with Crippen molar-refractivity contribution >= 4 is 5.78 Å². The number of Topliss-reactive ketones (excluding diaryl/α,β-unsaturated/α-hetero) is 1. The number of halogens is 1. The van der Waals surface area contributed by atoms with Gasteiger partial charge in [-0.25, -0.2) is 4.39 Å². The van der Waals surface area contributed by atoms with Gasteiger partial charge in [0.1, 0.15) is 11.6 Å². The molecule has 1 fully saturated rings. The minimum atomic E-state index is -0.163. The van der Waals surface area contributed by atoms with Crippen LogP contribution in [-0.4, -0.2) is 12.8 Å². The Morgan fingerprint density at radius 3 is 2.53 bits per heavy atom. The summed E-state index contributed by atoms with van der Waals surface area (Å²) in [5, 5.41) is 3.19. The number of benzene rings is 1. The molecule has 3 heteroatoms. The normalized spacial score (nSPS) is 19.3. The zero-order valence-electron chi connectivity index (χ0n) is 10.1. The Bertz CT molecular complexity index is 395. The monoisotopic (exact) mass is 235 g/mol. The van der Waals surface area contributed by atoms with Crippen molar-refractivity contribution < 1.29 is 9.18 Å². The molecule has 17 heavy (non-hydrogen) atoms. The number of rotatable bonds is 3. The third-order valence-electron chi connectivity index (χ3n) is 3.61. The molecule has 1 aliphatic carbocycles. The third-order valence-corrected chi connectivity index (χ3v) is 3.61. The Morgan fingerprint density at radius 1 is 1.29 bits per heavy atom. The highest BCUT2D eigenvalue weighted by molar-refractivity contribution is 5.79. The van der Waals surface area contributed by atoms with Crippen molar-refractivity contribution in [3.8, 4) is 0 Å². The Hall–Kier alpha value is -1.22. The van der Waals surface area contributed by atoms with Crippen molar-refractivity contribution in [1.29, 1.82) is 0 Å². The molecule has 1 unspecified atom stereocenters. The predicted octanol–water partition coefficient (Wildman–Crippen LogP) is 2.85. The molecule has 2 rings (SSSR count). The Morgan fingerprint density at radius 2 is 1.94 bits per heavy atom. The van der Waals surface area contributed by atoms with Gasteiger partial charge in [-0.1, -0.05) is 18.2 Å². The molecule has 1 saturated carbocycles. The predicted molar refractivity (Wildman–Crippen MR) is 65.2 cm³/mol. The van der Waals surface area contributed by atoms with E-state index < -0.39 is 0 Å². The molecule has 0 aliphatic heterocycles. The third kappa shape index (κ3) is 2.72. The first-order valence-corrected chi connectivity index (χ1v) is 6.15. The van der Waals surface area contributed by atoms with Crippen LogP contribution in [0, 0.1) is 11.7 Å². The van der Waals surface area contributed by atoms with Gasteiger partial charge in [0.05, 0.1) is 0 Å². The van der Waals surface area contributed by atoms with E-state index >= 15 is 0 Å². The summed E-state index contributed by atoms with van der Waals surface area (Å²) in [6.45, 7) is 0. The van der Waals surface area contributed by atoms with E-state index in [2.05, 4.69) is 5.32 Å². The zero-order chi connectivity index (χ0) is 12.3. The largest absolute Gasteiger partial charge is 0.313 e. The summed E-state index contributed by atoms with van der Waals surface area (Å²) in [6, 6.07) is 6.90. The smallest absolute Gasteiger partial charge is 0.132 e. The number of nitrogens with one attached hydrogen (secondary N) is 1. The van der Waals surface area contributed by atoms with Crippen LogP contribution < -0.4 is 5.32 Å². The van der Waals surface area contributed by atoms with Gasteiger partial charge >= 0.3 is 0 Å². The molecule has 0 heterocycles. The summed E-state index contributed by atoms with van der Waals surface area (Å²) in [4.78, 5) is 11.2. The number of ketones is 1. The van der Waals surface area contributed by atoms with E-state index in [0.29, 0.717) is 30.1 Å². The molecular formula is C14H18FNO. The van der Waals surface area contributed by atoms with Gasteiger partial charge in [0.15, 0.2) is 0 Å². The molecule has 0 radical (unpaired) electrons. The van der Waals surface area contributed by atoms with Gasteiger partial charge in [-0.3, -0.25) is 4.79 Å². The van der Waals surface area contributed by atoms with Gasteiger partial charge in [0, 0.05) is 24.4 Å². The SMILES string of the molecule is CNC(c1ccccc1F)C1CCC(=O)CC1. The van der Waals surface area contributed by atoms with Crippen LogP contribution in [0.4, 0.5) is 4.39 Å². The molecule has 0 spiro atoms. The molecule has 1 aromatic rings. The fourth-order valence-corrected chi connectivity index (χ4v) is 2.67. The van der Waals surface area contributed by atoms with Gasteiger partial charge in [-0.2, -0.15) is 0 Å². The molecule has 0 saturated heterocycles. The molecular weight excluding hydrogens is 217 g/mol. The average Bonchev–Trinajstić information content (AvgIpc) is 2.35. The maximum atomic E-state index is 13.8. The lowest BCUT2D eigenvalue weighted by molar-refractivity contribution is -0.121. The Balaban J connectivity index is 2.16. The second kappa shape index (κ2) is 5.41. The number of carbonyl (C=O) groups is 1. The van der Waals surface area contributed by atoms with Crippen molar-refractivity contribution in [2.24, 2.45) is 5.92 Å². The minimum Gasteiger partial charge on any atom is -0.313 e. The van der Waals surface area contributed by atoms with E-state index in [1.165, 1.54) is 6.07 Å². The number of hydrogen-bond donors (Lipinski definition) is 1. The van der Waals surface area contributed by atoms with Gasteiger partial charge in [-0.05, 0) is 31.9 Å². The second-order valence-corrected chi connectivity index (χ2v) is 4.66. The van der Waals surface area contributed by atoms with Crippen LogP contribution in [0.2, 0.25) is 0 Å². The van der Waals surface area contributed by atoms with Crippen molar-refractivity contribution in [2.75, 3.05) is 7.05 Å². The number of hydrogen-bond acceptors (Lipinski definition) is 2. The summed E-state index contributed by atoms with van der Waals surface area (Å²) in [6.07, 6.45) is 2.99. The van der Waals surface area contributed by atoms with Crippen molar-refractivity contribution in [2.45, 2.75) is 31.7 Å². The van der Waals surface area contributed by atoms with E-state index in [1.807, 2.05) is 19.2 Å². The number of carbonyl (C=O) groups excluding carboxylic acids is 1. The van der Waals surface area contributed by atoms with E-state index in [0.717, 1.165) is 12.8 Å². The maximum Gasteiger partial charge on any atom is 0.132 e. The second-order valence-electron chi connectivity index (χ2n) is 4.66. The van der Waals surface area contributed by atoms with E-state index in [4.69, 9.17) is 0 Å². The first kappa shape index (κ1) is 12.2.